The third-order valence-electron chi connectivity index (χ3n) is 16.6. The number of aromatic nitrogens is 1. The Morgan fingerprint density at radius 1 is 0.877 bits per heavy atom. The third-order valence-corrected chi connectivity index (χ3v) is 16.6. The number of hydrogen-bond acceptors (Lipinski definition) is 7. The second-order valence-corrected chi connectivity index (χ2v) is 22.1. The van der Waals surface area contributed by atoms with E-state index in [0.717, 1.165) is 69.9 Å². The lowest BCUT2D eigenvalue weighted by Crippen LogP contribution is -2.66. The van der Waals surface area contributed by atoms with Crippen molar-refractivity contribution in [1.82, 2.24) is 9.88 Å². The molecule has 1 N–H and O–H groups in total. The molecule has 6 rings (SSSR count). The minimum Gasteiger partial charge on any atom is -0.481 e. The van der Waals surface area contributed by atoms with E-state index in [1.807, 2.05) is 39.0 Å². The number of carbonyl (C=O) groups excluding carboxylic acids is 3. The normalized spacial score (nSPS) is 34.7. The summed E-state index contributed by atoms with van der Waals surface area (Å²) in [4.78, 5) is 59.9. The molecule has 1 aromatic rings. The number of nitrogens with zero attached hydrogens (tertiary/aromatic N) is 2. The number of hydrogen-bond donors (Lipinski definition) is 1. The molecule has 4 fully saturated rings. The Morgan fingerprint density at radius 3 is 2.19 bits per heavy atom. The summed E-state index contributed by atoms with van der Waals surface area (Å²) in [6, 6.07) is 5.65. The minimum atomic E-state index is -1.17. The van der Waals surface area contributed by atoms with Crippen molar-refractivity contribution in [3.63, 3.8) is 0 Å². The van der Waals surface area contributed by atoms with Gasteiger partial charge in [-0.25, -0.2) is 4.79 Å². The van der Waals surface area contributed by atoms with E-state index < -0.39 is 34.5 Å². The number of aliphatic carboxylic acids is 1. The zero-order chi connectivity index (χ0) is 42.1. The Balaban J connectivity index is 1.28. The van der Waals surface area contributed by atoms with Gasteiger partial charge in [0.05, 0.1) is 36.0 Å². The molecular weight excluding hydrogens is 717 g/mol. The molecule has 9 heteroatoms. The van der Waals surface area contributed by atoms with Crippen LogP contribution in [0, 0.1) is 56.2 Å². The van der Waals surface area contributed by atoms with Gasteiger partial charge in [0.25, 0.3) is 0 Å². The van der Waals surface area contributed by atoms with Gasteiger partial charge in [0.1, 0.15) is 11.7 Å². The highest BCUT2D eigenvalue weighted by Gasteiger charge is 2.70. The standard InChI is InChI=1S/C48H72N2O7/c1-30(2)32-18-23-48(36(51)29-50(41(55)57-42(3,4)5)28-31-15-13-14-26-49-31)25-24-46(11)33(39(32)48)16-17-35-45(10)21-20-37(56-38(52)27-43(6,7)40(53)54)44(8,9)34(45)19-22-47(35,46)12/h13-15,26,30,33-35,37H,16-25,27-29H2,1-12H3,(H,53,54)/t33-,34+,35-,37+,45+,46-,47-,48-/m1/s1. The molecule has 8 atom stereocenters. The quantitative estimate of drug-likeness (QED) is 0.184. The van der Waals surface area contributed by atoms with Gasteiger partial charge in [0.2, 0.25) is 0 Å². The molecule has 0 unspecified atom stereocenters. The fourth-order valence-electron chi connectivity index (χ4n) is 13.4. The first kappa shape index (κ1) is 43.4. The molecule has 316 valence electrons. The molecule has 1 heterocycles. The Kier molecular flexibility index (Phi) is 11.3. The number of pyridine rings is 1. The first-order valence-electron chi connectivity index (χ1n) is 21.9. The second kappa shape index (κ2) is 14.8. The van der Waals surface area contributed by atoms with E-state index >= 15 is 4.79 Å². The average molecular weight is 789 g/mol. The van der Waals surface area contributed by atoms with Crippen molar-refractivity contribution in [1.29, 1.82) is 0 Å². The second-order valence-electron chi connectivity index (χ2n) is 22.1. The highest BCUT2D eigenvalue weighted by molar-refractivity contribution is 5.93. The van der Waals surface area contributed by atoms with E-state index in [0.29, 0.717) is 23.7 Å². The van der Waals surface area contributed by atoms with E-state index in [2.05, 4.69) is 53.5 Å². The van der Waals surface area contributed by atoms with Crippen LogP contribution in [-0.2, 0) is 30.4 Å². The predicted molar refractivity (Wildman–Crippen MR) is 221 cm³/mol. The molecule has 1 aromatic heterocycles. The van der Waals surface area contributed by atoms with Gasteiger partial charge in [-0.05, 0) is 151 Å². The lowest BCUT2D eigenvalue weighted by atomic mass is 9.33. The maximum atomic E-state index is 15.1. The van der Waals surface area contributed by atoms with Crippen LogP contribution in [0.15, 0.2) is 35.5 Å². The van der Waals surface area contributed by atoms with Crippen LogP contribution in [0.3, 0.4) is 0 Å². The van der Waals surface area contributed by atoms with Crippen molar-refractivity contribution < 1.29 is 33.8 Å². The number of allylic oxidation sites excluding steroid dienone is 2. The van der Waals surface area contributed by atoms with Gasteiger partial charge in [-0.3, -0.25) is 24.3 Å². The van der Waals surface area contributed by atoms with Crippen LogP contribution in [-0.4, -0.2) is 57.1 Å². The van der Waals surface area contributed by atoms with Crippen molar-refractivity contribution in [2.24, 2.45) is 56.2 Å². The molecule has 0 radical (unpaired) electrons. The van der Waals surface area contributed by atoms with Crippen molar-refractivity contribution in [3.05, 3.63) is 41.2 Å². The molecule has 9 nitrogen and oxygen atoms in total. The van der Waals surface area contributed by atoms with E-state index in [1.165, 1.54) is 11.1 Å². The number of fused-ring (bicyclic) bond motifs is 7. The fraction of sp³-hybridized carbons (Fsp3) is 0.771. The molecule has 1 amide bonds. The minimum absolute atomic E-state index is 0.00192. The van der Waals surface area contributed by atoms with E-state index in [1.54, 1.807) is 24.9 Å². The number of rotatable bonds is 10. The predicted octanol–water partition coefficient (Wildman–Crippen LogP) is 10.6. The van der Waals surface area contributed by atoms with Gasteiger partial charge in [-0.1, -0.05) is 65.7 Å². The van der Waals surface area contributed by atoms with Crippen LogP contribution in [0.5, 0.6) is 0 Å². The number of carboxylic acid groups (broad SMARTS) is 1. The van der Waals surface area contributed by atoms with Crippen LogP contribution in [0.4, 0.5) is 4.79 Å². The number of ketones is 1. The summed E-state index contributed by atoms with van der Waals surface area (Å²) in [5.74, 6) is 0.210. The molecule has 0 aliphatic heterocycles. The molecule has 0 saturated heterocycles. The highest BCUT2D eigenvalue weighted by atomic mass is 16.6. The number of carboxylic acids is 1. The number of ether oxygens (including phenoxy) is 2. The Bertz CT molecular complexity index is 1780. The number of amides is 1. The maximum Gasteiger partial charge on any atom is 0.411 e. The summed E-state index contributed by atoms with van der Waals surface area (Å²) in [6.07, 6.45) is 10.4. The van der Waals surface area contributed by atoms with Crippen LogP contribution in [0.1, 0.15) is 159 Å². The van der Waals surface area contributed by atoms with Crippen LogP contribution in [0.2, 0.25) is 0 Å². The van der Waals surface area contributed by atoms with Gasteiger partial charge < -0.3 is 14.6 Å². The molecule has 0 spiro atoms. The van der Waals surface area contributed by atoms with Gasteiger partial charge in [0, 0.05) is 11.6 Å². The SMILES string of the molecule is CC(C)C1=C2[C@H]3CC[C@@H]4[C@@]5(C)CC[C@H](OC(=O)CC(C)(C)C(=O)O)C(C)(C)[C@@H]5CC[C@@]4(C)[C@]3(C)CC[C@@]2(C(=O)CN(Cc2ccccn2)C(=O)OC(C)(C)C)CC1. The van der Waals surface area contributed by atoms with E-state index in [9.17, 15) is 19.5 Å². The Labute approximate surface area is 342 Å². The number of esters is 1. The summed E-state index contributed by atoms with van der Waals surface area (Å²) in [6.45, 7) is 25.7. The largest absolute Gasteiger partial charge is 0.481 e. The zero-order valence-corrected chi connectivity index (χ0v) is 37.2. The summed E-state index contributed by atoms with van der Waals surface area (Å²) >= 11 is 0. The molecule has 57 heavy (non-hydrogen) atoms. The highest BCUT2D eigenvalue weighted by Crippen LogP contribution is 2.77. The fourth-order valence-corrected chi connectivity index (χ4v) is 13.4. The van der Waals surface area contributed by atoms with Gasteiger partial charge in [0.15, 0.2) is 5.78 Å². The first-order valence-corrected chi connectivity index (χ1v) is 21.9. The molecule has 0 aromatic carbocycles. The molecule has 5 aliphatic carbocycles. The Morgan fingerprint density at radius 2 is 1.58 bits per heavy atom. The van der Waals surface area contributed by atoms with Crippen molar-refractivity contribution >= 4 is 23.8 Å². The van der Waals surface area contributed by atoms with E-state index in [-0.39, 0.29) is 53.1 Å². The number of carbonyl (C=O) groups is 4. The van der Waals surface area contributed by atoms with Crippen molar-refractivity contribution in [2.45, 2.75) is 172 Å². The van der Waals surface area contributed by atoms with Gasteiger partial charge in [-0.2, -0.15) is 0 Å². The number of Topliss-reactive ketones (excluding diaryl/α,β-unsaturated/α-hetero) is 1. The molecule has 0 bridgehead atoms. The monoisotopic (exact) mass is 789 g/mol. The van der Waals surface area contributed by atoms with E-state index in [4.69, 9.17) is 9.47 Å². The third kappa shape index (κ3) is 7.38. The van der Waals surface area contributed by atoms with Crippen LogP contribution in [0.25, 0.3) is 0 Å². The average Bonchev–Trinajstić information content (AvgIpc) is 3.50. The lowest BCUT2D eigenvalue weighted by Gasteiger charge is -2.72. The van der Waals surface area contributed by atoms with Crippen LogP contribution < -0.4 is 0 Å². The molecular formula is C48H72N2O7. The summed E-state index contributed by atoms with van der Waals surface area (Å²) in [5.41, 5.74) is 1.00. The maximum absolute atomic E-state index is 15.1. The molecule has 4 saturated carbocycles. The van der Waals surface area contributed by atoms with Crippen LogP contribution >= 0.6 is 0 Å². The van der Waals surface area contributed by atoms with Gasteiger partial charge in [-0.15, -0.1) is 0 Å². The summed E-state index contributed by atoms with van der Waals surface area (Å²) in [7, 11) is 0. The summed E-state index contributed by atoms with van der Waals surface area (Å²) in [5, 5.41) is 9.65. The van der Waals surface area contributed by atoms with Gasteiger partial charge >= 0.3 is 18.0 Å². The first-order chi connectivity index (χ1) is 26.3. The molecule has 5 aliphatic rings. The van der Waals surface area contributed by atoms with Crippen molar-refractivity contribution in [2.75, 3.05) is 6.54 Å². The zero-order valence-electron chi connectivity index (χ0n) is 37.2. The summed E-state index contributed by atoms with van der Waals surface area (Å²) < 4.78 is 12.1. The topological polar surface area (TPSA) is 123 Å². The lowest BCUT2D eigenvalue weighted by molar-refractivity contribution is -0.233. The Hall–Kier alpha value is -3.23. The van der Waals surface area contributed by atoms with Crippen molar-refractivity contribution in [3.8, 4) is 0 Å². The smallest absolute Gasteiger partial charge is 0.411 e.